The van der Waals surface area contributed by atoms with E-state index in [1.807, 2.05) is 24.4 Å². The van der Waals surface area contributed by atoms with E-state index in [0.717, 1.165) is 69.1 Å². The van der Waals surface area contributed by atoms with Gasteiger partial charge in [0.2, 0.25) is 0 Å². The van der Waals surface area contributed by atoms with E-state index < -0.39 is 0 Å². The van der Waals surface area contributed by atoms with Crippen LogP contribution in [0.15, 0.2) is 53.7 Å². The van der Waals surface area contributed by atoms with Crippen molar-refractivity contribution in [1.82, 2.24) is 20.5 Å². The third kappa shape index (κ3) is 5.36. The van der Waals surface area contributed by atoms with Crippen LogP contribution in [0, 0.1) is 5.82 Å². The van der Waals surface area contributed by atoms with Crippen molar-refractivity contribution in [2.75, 3.05) is 26.2 Å². The minimum Gasteiger partial charge on any atom is -0.357 e. The average molecular weight is 410 g/mol. The summed E-state index contributed by atoms with van der Waals surface area (Å²) in [5, 5.41) is 7.01. The SMILES string of the molecule is CCNC(=NCC1(c2cccc(F)c2)CC1)NC1CCN(Cc2ccccn2)CC1. The molecule has 0 atom stereocenters. The molecule has 1 saturated carbocycles. The maximum absolute atomic E-state index is 13.7. The molecule has 2 N–H and O–H groups in total. The van der Waals surface area contributed by atoms with Crippen molar-refractivity contribution < 1.29 is 4.39 Å². The van der Waals surface area contributed by atoms with Crippen LogP contribution in [0.4, 0.5) is 4.39 Å². The zero-order valence-corrected chi connectivity index (χ0v) is 17.8. The van der Waals surface area contributed by atoms with Crippen molar-refractivity contribution >= 4 is 5.96 Å². The second kappa shape index (κ2) is 9.56. The van der Waals surface area contributed by atoms with Gasteiger partial charge >= 0.3 is 0 Å². The molecule has 0 radical (unpaired) electrons. The number of guanidine groups is 1. The summed E-state index contributed by atoms with van der Waals surface area (Å²) in [7, 11) is 0. The van der Waals surface area contributed by atoms with Gasteiger partial charge in [0, 0.05) is 43.8 Å². The Labute approximate surface area is 178 Å². The van der Waals surface area contributed by atoms with Crippen LogP contribution in [-0.2, 0) is 12.0 Å². The van der Waals surface area contributed by atoms with Gasteiger partial charge in [-0.1, -0.05) is 18.2 Å². The lowest BCUT2D eigenvalue weighted by Crippen LogP contribution is -2.48. The molecule has 4 rings (SSSR count). The van der Waals surface area contributed by atoms with E-state index in [1.165, 1.54) is 6.07 Å². The number of benzene rings is 1. The fourth-order valence-corrected chi connectivity index (χ4v) is 4.21. The van der Waals surface area contributed by atoms with Gasteiger partial charge in [-0.15, -0.1) is 0 Å². The molecule has 0 amide bonds. The summed E-state index contributed by atoms with van der Waals surface area (Å²) in [4.78, 5) is 11.8. The number of aromatic nitrogens is 1. The molecule has 160 valence electrons. The Hall–Kier alpha value is -2.47. The van der Waals surface area contributed by atoms with Crippen molar-refractivity contribution in [2.45, 2.75) is 50.6 Å². The van der Waals surface area contributed by atoms with E-state index in [1.54, 1.807) is 12.1 Å². The molecule has 0 bridgehead atoms. The van der Waals surface area contributed by atoms with Gasteiger partial charge < -0.3 is 10.6 Å². The molecular formula is C24H32FN5. The van der Waals surface area contributed by atoms with Crippen LogP contribution in [0.2, 0.25) is 0 Å². The first kappa shape index (κ1) is 20.8. The van der Waals surface area contributed by atoms with Gasteiger partial charge in [-0.25, -0.2) is 4.39 Å². The predicted octanol–water partition coefficient (Wildman–Crippen LogP) is 3.47. The van der Waals surface area contributed by atoms with Crippen LogP contribution in [0.1, 0.15) is 43.9 Å². The monoisotopic (exact) mass is 409 g/mol. The van der Waals surface area contributed by atoms with E-state index in [-0.39, 0.29) is 11.2 Å². The summed E-state index contributed by atoms with van der Waals surface area (Å²) < 4.78 is 13.7. The van der Waals surface area contributed by atoms with E-state index in [2.05, 4.69) is 33.5 Å². The van der Waals surface area contributed by atoms with Crippen LogP contribution in [0.25, 0.3) is 0 Å². The number of pyridine rings is 1. The number of piperidine rings is 1. The second-order valence-electron chi connectivity index (χ2n) is 8.50. The van der Waals surface area contributed by atoms with Crippen LogP contribution < -0.4 is 10.6 Å². The van der Waals surface area contributed by atoms with Gasteiger partial charge in [0.15, 0.2) is 5.96 Å². The van der Waals surface area contributed by atoms with E-state index >= 15 is 0 Å². The van der Waals surface area contributed by atoms with Crippen molar-refractivity contribution in [1.29, 1.82) is 0 Å². The quantitative estimate of drug-likeness (QED) is 0.543. The average Bonchev–Trinajstić information content (AvgIpc) is 3.56. The highest BCUT2D eigenvalue weighted by molar-refractivity contribution is 5.80. The van der Waals surface area contributed by atoms with Crippen LogP contribution in [0.3, 0.4) is 0 Å². The Kier molecular flexibility index (Phi) is 6.62. The first-order chi connectivity index (χ1) is 14.7. The van der Waals surface area contributed by atoms with Crippen LogP contribution in [-0.4, -0.2) is 48.1 Å². The first-order valence-electron chi connectivity index (χ1n) is 11.1. The highest BCUT2D eigenvalue weighted by Crippen LogP contribution is 2.48. The van der Waals surface area contributed by atoms with Crippen LogP contribution in [0.5, 0.6) is 0 Å². The number of nitrogens with zero attached hydrogens (tertiary/aromatic N) is 3. The number of likely N-dealkylation sites (tertiary alicyclic amines) is 1. The fourth-order valence-electron chi connectivity index (χ4n) is 4.21. The Bertz CT molecular complexity index is 842. The molecule has 1 aromatic heterocycles. The standard InChI is InChI=1S/C24H32FN5/c1-2-26-23(28-18-24(11-12-24)19-6-5-7-20(25)16-19)29-21-9-14-30(15-10-21)17-22-8-3-4-13-27-22/h3-8,13,16,21H,2,9-12,14-15,17-18H2,1H3,(H2,26,28,29). The fraction of sp³-hybridized carbons (Fsp3) is 0.500. The Balaban J connectivity index is 1.31. The summed E-state index contributed by atoms with van der Waals surface area (Å²) in [5.74, 6) is 0.716. The third-order valence-corrected chi connectivity index (χ3v) is 6.21. The minimum atomic E-state index is -0.162. The lowest BCUT2D eigenvalue weighted by Gasteiger charge is -2.33. The molecule has 2 heterocycles. The Morgan fingerprint density at radius 3 is 2.70 bits per heavy atom. The molecule has 30 heavy (non-hydrogen) atoms. The topological polar surface area (TPSA) is 52.6 Å². The van der Waals surface area contributed by atoms with Crippen molar-refractivity contribution in [3.63, 3.8) is 0 Å². The first-order valence-corrected chi connectivity index (χ1v) is 11.1. The van der Waals surface area contributed by atoms with Gasteiger partial charge in [0.25, 0.3) is 0 Å². The Morgan fingerprint density at radius 2 is 2.03 bits per heavy atom. The molecule has 6 heteroatoms. The summed E-state index contributed by atoms with van der Waals surface area (Å²) in [6, 6.07) is 13.5. The smallest absolute Gasteiger partial charge is 0.191 e. The normalized spacial score (nSPS) is 19.5. The molecule has 2 aliphatic rings. The highest BCUT2D eigenvalue weighted by Gasteiger charge is 2.44. The zero-order chi connectivity index (χ0) is 20.8. The molecular weight excluding hydrogens is 377 g/mol. The summed E-state index contributed by atoms with van der Waals surface area (Å²) in [6.07, 6.45) is 6.19. The third-order valence-electron chi connectivity index (χ3n) is 6.21. The van der Waals surface area contributed by atoms with Gasteiger partial charge in [0.1, 0.15) is 5.82 Å². The number of aliphatic imine (C=N–C) groups is 1. The Morgan fingerprint density at radius 1 is 1.20 bits per heavy atom. The molecule has 1 saturated heterocycles. The molecule has 2 fully saturated rings. The number of nitrogens with one attached hydrogen (secondary N) is 2. The molecule has 2 aromatic rings. The number of rotatable bonds is 7. The molecule has 1 aromatic carbocycles. The molecule has 1 aliphatic heterocycles. The summed E-state index contributed by atoms with van der Waals surface area (Å²) in [5.41, 5.74) is 2.21. The molecule has 5 nitrogen and oxygen atoms in total. The largest absolute Gasteiger partial charge is 0.357 e. The van der Waals surface area contributed by atoms with Gasteiger partial charge in [0.05, 0.1) is 12.2 Å². The molecule has 0 unspecified atom stereocenters. The lowest BCUT2D eigenvalue weighted by atomic mass is 9.96. The van der Waals surface area contributed by atoms with Crippen molar-refractivity contribution in [3.8, 4) is 0 Å². The molecule has 0 spiro atoms. The highest BCUT2D eigenvalue weighted by atomic mass is 19.1. The maximum atomic E-state index is 13.7. The number of halogens is 1. The van der Waals surface area contributed by atoms with Crippen LogP contribution >= 0.6 is 0 Å². The predicted molar refractivity (Wildman–Crippen MR) is 119 cm³/mol. The molecule has 1 aliphatic carbocycles. The lowest BCUT2D eigenvalue weighted by molar-refractivity contribution is 0.196. The van der Waals surface area contributed by atoms with Gasteiger partial charge in [-0.3, -0.25) is 14.9 Å². The van der Waals surface area contributed by atoms with Gasteiger partial charge in [-0.05, 0) is 62.4 Å². The zero-order valence-electron chi connectivity index (χ0n) is 17.8. The maximum Gasteiger partial charge on any atom is 0.191 e. The van der Waals surface area contributed by atoms with E-state index in [4.69, 9.17) is 4.99 Å². The van der Waals surface area contributed by atoms with E-state index in [9.17, 15) is 4.39 Å². The van der Waals surface area contributed by atoms with Gasteiger partial charge in [-0.2, -0.15) is 0 Å². The summed E-state index contributed by atoms with van der Waals surface area (Å²) >= 11 is 0. The second-order valence-corrected chi connectivity index (χ2v) is 8.50. The summed E-state index contributed by atoms with van der Waals surface area (Å²) in [6.45, 7) is 6.65. The number of hydrogen-bond donors (Lipinski definition) is 2. The minimum absolute atomic E-state index is 0.0104. The van der Waals surface area contributed by atoms with Crippen molar-refractivity contribution in [2.24, 2.45) is 4.99 Å². The van der Waals surface area contributed by atoms with Crippen molar-refractivity contribution in [3.05, 3.63) is 65.7 Å². The number of hydrogen-bond acceptors (Lipinski definition) is 3. The van der Waals surface area contributed by atoms with E-state index in [0.29, 0.717) is 12.6 Å².